The highest BCUT2D eigenvalue weighted by atomic mass is 16.3. The fourth-order valence-electron chi connectivity index (χ4n) is 2.41. The van der Waals surface area contributed by atoms with Gasteiger partial charge in [0.15, 0.2) is 0 Å². The average Bonchev–Trinajstić information content (AvgIpc) is 2.37. The van der Waals surface area contributed by atoms with Crippen molar-refractivity contribution in [1.82, 2.24) is 5.32 Å². The second kappa shape index (κ2) is 8.48. The van der Waals surface area contributed by atoms with Crippen LogP contribution in [0.5, 0.6) is 0 Å². The molecule has 0 heterocycles. The minimum Gasteiger partial charge on any atom is -0.394 e. The van der Waals surface area contributed by atoms with Gasteiger partial charge in [0, 0.05) is 13.0 Å². The summed E-state index contributed by atoms with van der Waals surface area (Å²) in [6.45, 7) is -0.152. The standard InChI is InChI=1S/C13H25NO3/c15-10-12(16)9-14-13(17)8-4-7-11-5-2-1-3-6-11/h11-12,15-16H,1-10H2,(H,14,17). The second-order valence-electron chi connectivity index (χ2n) is 5.04. The molecule has 1 fully saturated rings. The SMILES string of the molecule is O=C(CCCC1CCCCC1)NCC(O)CO. The molecule has 0 radical (unpaired) electrons. The van der Waals surface area contributed by atoms with Gasteiger partial charge >= 0.3 is 0 Å². The fraction of sp³-hybridized carbons (Fsp3) is 0.923. The maximum absolute atomic E-state index is 11.4. The van der Waals surface area contributed by atoms with Crippen molar-refractivity contribution >= 4 is 5.91 Å². The van der Waals surface area contributed by atoms with Crippen LogP contribution in [0.2, 0.25) is 0 Å². The number of nitrogens with one attached hydrogen (secondary N) is 1. The van der Waals surface area contributed by atoms with Crippen LogP contribution >= 0.6 is 0 Å². The number of amides is 1. The molecule has 1 aliphatic rings. The maximum atomic E-state index is 11.4. The lowest BCUT2D eigenvalue weighted by molar-refractivity contribution is -0.121. The van der Waals surface area contributed by atoms with Crippen LogP contribution in [-0.2, 0) is 4.79 Å². The number of aliphatic hydroxyl groups is 2. The Morgan fingerprint density at radius 2 is 2.00 bits per heavy atom. The van der Waals surface area contributed by atoms with E-state index in [0.29, 0.717) is 6.42 Å². The van der Waals surface area contributed by atoms with E-state index in [0.717, 1.165) is 18.8 Å². The van der Waals surface area contributed by atoms with E-state index in [1.54, 1.807) is 0 Å². The molecular formula is C13H25NO3. The highest BCUT2D eigenvalue weighted by molar-refractivity contribution is 5.75. The van der Waals surface area contributed by atoms with Crippen molar-refractivity contribution in [3.8, 4) is 0 Å². The zero-order valence-corrected chi connectivity index (χ0v) is 10.5. The first-order valence-corrected chi connectivity index (χ1v) is 6.78. The van der Waals surface area contributed by atoms with Crippen LogP contribution in [0.15, 0.2) is 0 Å². The Balaban J connectivity index is 1.99. The highest BCUT2D eigenvalue weighted by Crippen LogP contribution is 2.27. The summed E-state index contributed by atoms with van der Waals surface area (Å²) in [7, 11) is 0. The van der Waals surface area contributed by atoms with Crippen LogP contribution in [0.3, 0.4) is 0 Å². The minimum atomic E-state index is -0.836. The third-order valence-corrected chi connectivity index (χ3v) is 3.49. The maximum Gasteiger partial charge on any atom is 0.220 e. The first-order chi connectivity index (χ1) is 8.22. The normalized spacial score (nSPS) is 18.9. The number of hydrogen-bond acceptors (Lipinski definition) is 3. The van der Waals surface area contributed by atoms with Gasteiger partial charge in [-0.15, -0.1) is 0 Å². The molecule has 1 atom stereocenters. The molecule has 3 N–H and O–H groups in total. The lowest BCUT2D eigenvalue weighted by atomic mass is 9.86. The Morgan fingerprint density at radius 3 is 2.65 bits per heavy atom. The number of hydrogen-bond donors (Lipinski definition) is 3. The van der Waals surface area contributed by atoms with Gasteiger partial charge in [0.25, 0.3) is 0 Å². The molecule has 0 aliphatic heterocycles. The minimum absolute atomic E-state index is 0.0201. The molecule has 0 aromatic rings. The quantitative estimate of drug-likeness (QED) is 0.629. The second-order valence-corrected chi connectivity index (χ2v) is 5.04. The van der Waals surface area contributed by atoms with Gasteiger partial charge in [0.1, 0.15) is 0 Å². The number of rotatable bonds is 7. The predicted octanol–water partition coefficient (Wildman–Crippen LogP) is 1.21. The molecule has 1 rings (SSSR count). The molecule has 17 heavy (non-hydrogen) atoms. The Labute approximate surface area is 103 Å². The molecule has 1 unspecified atom stereocenters. The van der Waals surface area contributed by atoms with Crippen molar-refractivity contribution in [2.45, 2.75) is 57.5 Å². The lowest BCUT2D eigenvalue weighted by Crippen LogP contribution is -2.33. The van der Waals surface area contributed by atoms with Gasteiger partial charge in [-0.2, -0.15) is 0 Å². The molecular weight excluding hydrogens is 218 g/mol. The summed E-state index contributed by atoms with van der Waals surface area (Å²) in [4.78, 5) is 11.4. The van der Waals surface area contributed by atoms with Crippen LogP contribution < -0.4 is 5.32 Å². The van der Waals surface area contributed by atoms with E-state index in [-0.39, 0.29) is 19.1 Å². The molecule has 1 aliphatic carbocycles. The zero-order chi connectivity index (χ0) is 12.5. The van der Waals surface area contributed by atoms with Crippen LogP contribution in [0, 0.1) is 5.92 Å². The smallest absolute Gasteiger partial charge is 0.220 e. The number of aliphatic hydroxyl groups excluding tert-OH is 2. The van der Waals surface area contributed by atoms with Crippen LogP contribution in [0.25, 0.3) is 0 Å². The predicted molar refractivity (Wildman–Crippen MR) is 66.5 cm³/mol. The summed E-state index contributed by atoms with van der Waals surface area (Å²) in [5.74, 6) is 0.799. The van der Waals surface area contributed by atoms with Crippen molar-refractivity contribution in [1.29, 1.82) is 0 Å². The van der Waals surface area contributed by atoms with Gasteiger partial charge in [-0.05, 0) is 18.8 Å². The Morgan fingerprint density at radius 1 is 1.29 bits per heavy atom. The summed E-state index contributed by atoms with van der Waals surface area (Å²) in [6.07, 6.45) is 8.50. The summed E-state index contributed by atoms with van der Waals surface area (Å²) < 4.78 is 0. The summed E-state index contributed by atoms with van der Waals surface area (Å²) in [5, 5.41) is 20.3. The Bertz CT molecular complexity index is 215. The van der Waals surface area contributed by atoms with E-state index in [9.17, 15) is 4.79 Å². The highest BCUT2D eigenvalue weighted by Gasteiger charge is 2.13. The molecule has 1 amide bonds. The van der Waals surface area contributed by atoms with Crippen LogP contribution in [0.4, 0.5) is 0 Å². The Hall–Kier alpha value is -0.610. The van der Waals surface area contributed by atoms with Gasteiger partial charge in [-0.25, -0.2) is 0 Å². The summed E-state index contributed by atoms with van der Waals surface area (Å²) in [6, 6.07) is 0. The van der Waals surface area contributed by atoms with E-state index in [2.05, 4.69) is 5.32 Å². The van der Waals surface area contributed by atoms with Gasteiger partial charge < -0.3 is 15.5 Å². The molecule has 0 bridgehead atoms. The van der Waals surface area contributed by atoms with Crippen molar-refractivity contribution in [2.75, 3.05) is 13.2 Å². The largest absolute Gasteiger partial charge is 0.394 e. The third-order valence-electron chi connectivity index (χ3n) is 3.49. The number of carbonyl (C=O) groups excluding carboxylic acids is 1. The van der Waals surface area contributed by atoms with Crippen molar-refractivity contribution < 1.29 is 15.0 Å². The Kier molecular flexibility index (Phi) is 7.21. The molecule has 4 nitrogen and oxygen atoms in total. The first-order valence-electron chi connectivity index (χ1n) is 6.78. The summed E-state index contributed by atoms with van der Waals surface area (Å²) >= 11 is 0. The topological polar surface area (TPSA) is 69.6 Å². The number of carbonyl (C=O) groups is 1. The molecule has 4 heteroatoms. The van der Waals surface area contributed by atoms with E-state index < -0.39 is 6.10 Å². The van der Waals surface area contributed by atoms with E-state index >= 15 is 0 Å². The van der Waals surface area contributed by atoms with Crippen LogP contribution in [0.1, 0.15) is 51.4 Å². The van der Waals surface area contributed by atoms with Gasteiger partial charge in [-0.3, -0.25) is 4.79 Å². The van der Waals surface area contributed by atoms with E-state index in [1.165, 1.54) is 32.1 Å². The molecule has 0 saturated heterocycles. The third kappa shape index (κ3) is 6.64. The van der Waals surface area contributed by atoms with Crippen molar-refractivity contribution in [3.05, 3.63) is 0 Å². The molecule has 0 aromatic carbocycles. The monoisotopic (exact) mass is 243 g/mol. The fourth-order valence-corrected chi connectivity index (χ4v) is 2.41. The van der Waals surface area contributed by atoms with Crippen LogP contribution in [-0.4, -0.2) is 35.4 Å². The van der Waals surface area contributed by atoms with Crippen molar-refractivity contribution in [3.63, 3.8) is 0 Å². The first kappa shape index (κ1) is 14.5. The van der Waals surface area contributed by atoms with Gasteiger partial charge in [0.2, 0.25) is 5.91 Å². The lowest BCUT2D eigenvalue weighted by Gasteiger charge is -2.21. The molecule has 1 saturated carbocycles. The van der Waals surface area contributed by atoms with Gasteiger partial charge in [-0.1, -0.05) is 32.1 Å². The molecule has 100 valence electrons. The van der Waals surface area contributed by atoms with E-state index in [4.69, 9.17) is 10.2 Å². The van der Waals surface area contributed by atoms with E-state index in [1.807, 2.05) is 0 Å². The summed E-state index contributed by atoms with van der Waals surface area (Å²) in [5.41, 5.74) is 0. The average molecular weight is 243 g/mol. The van der Waals surface area contributed by atoms with Crippen molar-refractivity contribution in [2.24, 2.45) is 5.92 Å². The molecule has 0 spiro atoms. The molecule has 0 aromatic heterocycles. The zero-order valence-electron chi connectivity index (χ0n) is 10.5. The van der Waals surface area contributed by atoms with Gasteiger partial charge in [0.05, 0.1) is 12.7 Å².